The van der Waals surface area contributed by atoms with Crippen LogP contribution in [-0.2, 0) is 24.0 Å². The molecule has 28 heavy (non-hydrogen) atoms. The van der Waals surface area contributed by atoms with Crippen LogP contribution in [-0.4, -0.2) is 41.0 Å². The number of fused-ring (bicyclic) bond motifs is 1. The highest BCUT2D eigenvalue weighted by Gasteiger charge is 2.57. The summed E-state index contributed by atoms with van der Waals surface area (Å²) in [7, 11) is 0. The summed E-state index contributed by atoms with van der Waals surface area (Å²) in [4.78, 5) is 37.8. The van der Waals surface area contributed by atoms with Crippen LogP contribution in [0.1, 0.15) is 18.4 Å². The van der Waals surface area contributed by atoms with Gasteiger partial charge in [0.1, 0.15) is 22.4 Å². The quantitative estimate of drug-likeness (QED) is 0.699. The number of amides is 1. The molecular weight excluding hydrogens is 385 g/mol. The molecule has 7 nitrogen and oxygen atoms in total. The lowest BCUT2D eigenvalue weighted by molar-refractivity contribution is -0.309. The Morgan fingerprint density at radius 1 is 1.46 bits per heavy atom. The molecule has 2 aliphatic rings. The molecule has 1 aromatic rings. The second kappa shape index (κ2) is 7.73. The lowest BCUT2D eigenvalue weighted by Crippen LogP contribution is -2.52. The van der Waals surface area contributed by atoms with E-state index in [0.29, 0.717) is 12.2 Å². The Kier molecular flexibility index (Phi) is 5.54. The maximum absolute atomic E-state index is 13.3. The number of nitriles is 1. The van der Waals surface area contributed by atoms with Crippen LogP contribution in [0.2, 0.25) is 0 Å². The first-order valence-electron chi connectivity index (χ1n) is 8.62. The SMILES string of the molecule is C=C([NH3+])[C@H](C#N)C(=O)COC(=O)[C@H]1CS[C@]2(c3ccc(F)cc3)CCC(=O)N12. The van der Waals surface area contributed by atoms with Gasteiger partial charge in [-0.15, -0.1) is 11.8 Å². The predicted molar refractivity (Wildman–Crippen MR) is 97.5 cm³/mol. The van der Waals surface area contributed by atoms with Crippen molar-refractivity contribution >= 4 is 29.4 Å². The average molecular weight is 404 g/mol. The normalized spacial score (nSPS) is 24.4. The minimum absolute atomic E-state index is 0.130. The Morgan fingerprint density at radius 3 is 2.75 bits per heavy atom. The highest BCUT2D eigenvalue weighted by molar-refractivity contribution is 8.00. The summed E-state index contributed by atoms with van der Waals surface area (Å²) in [6.07, 6.45) is 0.771. The van der Waals surface area contributed by atoms with Crippen molar-refractivity contribution in [3.05, 3.63) is 47.9 Å². The van der Waals surface area contributed by atoms with E-state index in [1.54, 1.807) is 18.2 Å². The van der Waals surface area contributed by atoms with Crippen LogP contribution in [0.3, 0.4) is 0 Å². The lowest BCUT2D eigenvalue weighted by Gasteiger charge is -2.33. The smallest absolute Gasteiger partial charge is 0.330 e. The van der Waals surface area contributed by atoms with Crippen LogP contribution >= 0.6 is 11.8 Å². The zero-order valence-corrected chi connectivity index (χ0v) is 15.8. The molecule has 0 unspecified atom stereocenters. The van der Waals surface area contributed by atoms with Crippen LogP contribution in [0.4, 0.5) is 4.39 Å². The number of quaternary nitrogens is 1. The molecule has 2 fully saturated rings. The van der Waals surface area contributed by atoms with Gasteiger partial charge in [0, 0.05) is 12.2 Å². The van der Waals surface area contributed by atoms with Crippen molar-refractivity contribution in [2.75, 3.05) is 12.4 Å². The Bertz CT molecular complexity index is 882. The summed E-state index contributed by atoms with van der Waals surface area (Å²) in [6.45, 7) is 2.89. The third kappa shape index (κ3) is 3.41. The topological polar surface area (TPSA) is 115 Å². The van der Waals surface area contributed by atoms with Crippen molar-refractivity contribution in [3.63, 3.8) is 0 Å². The van der Waals surface area contributed by atoms with E-state index in [0.717, 1.165) is 5.56 Å². The number of ether oxygens (including phenoxy) is 1. The maximum Gasteiger partial charge on any atom is 0.330 e. The van der Waals surface area contributed by atoms with E-state index in [-0.39, 0.29) is 23.8 Å². The van der Waals surface area contributed by atoms with E-state index >= 15 is 0 Å². The Balaban J connectivity index is 1.75. The molecule has 146 valence electrons. The first kappa shape index (κ1) is 20.0. The predicted octanol–water partition coefficient (Wildman–Crippen LogP) is 0.724. The third-order valence-corrected chi connectivity index (χ3v) is 6.51. The van der Waals surface area contributed by atoms with E-state index < -0.39 is 35.2 Å². The van der Waals surface area contributed by atoms with Gasteiger partial charge in [0.15, 0.2) is 18.3 Å². The van der Waals surface area contributed by atoms with Crippen molar-refractivity contribution < 1.29 is 29.2 Å². The number of halogens is 1. The molecule has 2 aliphatic heterocycles. The molecule has 0 spiro atoms. The number of nitrogens with zero attached hydrogens (tertiary/aromatic N) is 2. The van der Waals surface area contributed by atoms with Gasteiger partial charge in [0.2, 0.25) is 5.91 Å². The summed E-state index contributed by atoms with van der Waals surface area (Å²) < 4.78 is 18.4. The summed E-state index contributed by atoms with van der Waals surface area (Å²) in [5.74, 6) is -2.72. The maximum atomic E-state index is 13.3. The van der Waals surface area contributed by atoms with Gasteiger partial charge in [-0.25, -0.2) is 9.18 Å². The number of Topliss-reactive ketones (excluding diaryl/α,β-unsaturated/α-hetero) is 1. The lowest BCUT2D eigenvalue weighted by atomic mass is 10.0. The second-order valence-corrected chi connectivity index (χ2v) is 7.97. The molecule has 0 aromatic heterocycles. The first-order chi connectivity index (χ1) is 13.3. The van der Waals surface area contributed by atoms with Gasteiger partial charge in [-0.3, -0.25) is 9.59 Å². The standard InChI is InChI=1S/C19H18FN3O4S/c1-11(22)14(8-21)16(24)9-27-18(26)15-10-28-19(7-6-17(25)23(15)19)12-2-4-13(20)5-3-12/h2-5,14-15H,1,6-7,9-10,22H2/p+1/t14-,15+,19-/m0/s1. The molecule has 3 atom stereocenters. The fourth-order valence-corrected chi connectivity index (χ4v) is 5.18. The van der Waals surface area contributed by atoms with E-state index in [1.165, 1.54) is 28.8 Å². The molecule has 0 aliphatic carbocycles. The largest absolute Gasteiger partial charge is 0.456 e. The van der Waals surface area contributed by atoms with Crippen molar-refractivity contribution in [3.8, 4) is 6.07 Å². The summed E-state index contributed by atoms with van der Waals surface area (Å²) in [5, 5.41) is 8.99. The second-order valence-electron chi connectivity index (χ2n) is 6.68. The van der Waals surface area contributed by atoms with Crippen molar-refractivity contribution in [1.29, 1.82) is 5.26 Å². The van der Waals surface area contributed by atoms with Crippen LogP contribution in [0.5, 0.6) is 0 Å². The van der Waals surface area contributed by atoms with Crippen LogP contribution < -0.4 is 5.73 Å². The van der Waals surface area contributed by atoms with Gasteiger partial charge in [-0.2, -0.15) is 5.26 Å². The zero-order chi connectivity index (χ0) is 20.5. The molecule has 2 saturated heterocycles. The molecule has 3 rings (SSSR count). The Morgan fingerprint density at radius 2 is 2.14 bits per heavy atom. The first-order valence-corrected chi connectivity index (χ1v) is 9.60. The number of thioether (sulfide) groups is 1. The van der Waals surface area contributed by atoms with Crippen LogP contribution in [0, 0.1) is 23.1 Å². The number of ketones is 1. The van der Waals surface area contributed by atoms with E-state index in [4.69, 9.17) is 10.00 Å². The molecule has 0 bridgehead atoms. The number of carbonyl (C=O) groups is 3. The van der Waals surface area contributed by atoms with Crippen molar-refractivity contribution in [1.82, 2.24) is 4.90 Å². The minimum Gasteiger partial charge on any atom is -0.456 e. The number of carbonyl (C=O) groups excluding carboxylic acids is 3. The molecule has 1 aromatic carbocycles. The number of esters is 1. The molecule has 0 radical (unpaired) electrons. The Labute approximate surface area is 165 Å². The third-order valence-electron chi connectivity index (χ3n) is 4.91. The number of rotatable bonds is 6. The number of hydrogen-bond donors (Lipinski definition) is 1. The Hall–Kier alpha value is -2.70. The van der Waals surface area contributed by atoms with Gasteiger partial charge in [-0.05, 0) is 30.7 Å². The summed E-state index contributed by atoms with van der Waals surface area (Å²) in [6, 6.07) is 6.80. The van der Waals surface area contributed by atoms with Gasteiger partial charge < -0.3 is 15.4 Å². The molecule has 1 amide bonds. The fourth-order valence-electron chi connectivity index (χ4n) is 3.54. The molecular formula is C19H19FN3O4S+. The zero-order valence-electron chi connectivity index (χ0n) is 15.0. The molecule has 3 N–H and O–H groups in total. The molecule has 2 heterocycles. The molecule has 0 saturated carbocycles. The van der Waals surface area contributed by atoms with Gasteiger partial charge in [0.25, 0.3) is 0 Å². The average Bonchev–Trinajstić information content (AvgIpc) is 3.20. The van der Waals surface area contributed by atoms with Gasteiger partial charge in [0.05, 0.1) is 6.07 Å². The number of hydrogen-bond acceptors (Lipinski definition) is 6. The van der Waals surface area contributed by atoms with Crippen molar-refractivity contribution in [2.45, 2.75) is 23.8 Å². The van der Waals surface area contributed by atoms with E-state index in [9.17, 15) is 18.8 Å². The molecule has 9 heteroatoms. The minimum atomic E-state index is -1.14. The highest BCUT2D eigenvalue weighted by atomic mass is 32.2. The highest BCUT2D eigenvalue weighted by Crippen LogP contribution is 2.54. The van der Waals surface area contributed by atoms with E-state index in [2.05, 4.69) is 12.3 Å². The van der Waals surface area contributed by atoms with Crippen molar-refractivity contribution in [2.24, 2.45) is 5.92 Å². The summed E-state index contributed by atoms with van der Waals surface area (Å²) >= 11 is 1.43. The van der Waals surface area contributed by atoms with E-state index in [1.807, 2.05) is 0 Å². The number of allylic oxidation sites excluding steroid dienone is 1. The number of benzene rings is 1. The van der Waals surface area contributed by atoms with Crippen LogP contribution in [0.25, 0.3) is 0 Å². The fraction of sp³-hybridized carbons (Fsp3) is 0.368. The van der Waals surface area contributed by atoms with Gasteiger partial charge in [-0.1, -0.05) is 12.1 Å². The monoisotopic (exact) mass is 404 g/mol. The van der Waals surface area contributed by atoms with Gasteiger partial charge >= 0.3 is 5.97 Å². The summed E-state index contributed by atoms with van der Waals surface area (Å²) in [5.41, 5.74) is 4.35. The van der Waals surface area contributed by atoms with Crippen LogP contribution in [0.15, 0.2) is 36.5 Å².